The fraction of sp³-hybridized carbons (Fsp3) is 0.300. The molecule has 2 unspecified atom stereocenters. The Labute approximate surface area is 96.6 Å². The lowest BCUT2D eigenvalue weighted by atomic mass is 10.00. The lowest BCUT2D eigenvalue weighted by Gasteiger charge is -2.15. The molecule has 0 saturated carbocycles. The van der Waals surface area contributed by atoms with Gasteiger partial charge >= 0.3 is 0 Å². The highest BCUT2D eigenvalue weighted by Crippen LogP contribution is 2.28. The Balaban J connectivity index is 3.23. The van der Waals surface area contributed by atoms with Crippen molar-refractivity contribution in [3.05, 3.63) is 39.4 Å². The number of rotatable bonds is 4. The molecule has 7 heteroatoms. The first-order valence-corrected chi connectivity index (χ1v) is 4.75. The molecule has 0 radical (unpaired) electrons. The van der Waals surface area contributed by atoms with E-state index in [1.165, 1.54) is 18.2 Å². The van der Waals surface area contributed by atoms with Crippen LogP contribution in [0, 0.1) is 17.0 Å². The largest absolute Gasteiger partial charge is 0.385 e. The molecule has 0 aromatic heterocycles. The number of primary amides is 1. The summed E-state index contributed by atoms with van der Waals surface area (Å²) < 4.78 is 0. The zero-order valence-electron chi connectivity index (χ0n) is 9.03. The Hall–Kier alpha value is -1.99. The van der Waals surface area contributed by atoms with Crippen molar-refractivity contribution in [2.75, 3.05) is 0 Å². The Morgan fingerprint density at radius 2 is 2.06 bits per heavy atom. The number of aliphatic hydroxyl groups is 2. The minimum atomic E-state index is -1.88. The Kier molecular flexibility index (Phi) is 3.77. The molecular formula is C10H12N2O5. The molecule has 0 aliphatic rings. The van der Waals surface area contributed by atoms with Gasteiger partial charge < -0.3 is 15.9 Å². The maximum Gasteiger partial charge on any atom is 0.275 e. The minimum Gasteiger partial charge on any atom is -0.385 e. The van der Waals surface area contributed by atoms with Crippen LogP contribution in [-0.4, -0.2) is 27.1 Å². The van der Waals surface area contributed by atoms with Gasteiger partial charge in [0, 0.05) is 6.07 Å². The molecule has 0 fully saturated rings. The van der Waals surface area contributed by atoms with E-state index in [0.29, 0.717) is 5.56 Å². The summed E-state index contributed by atoms with van der Waals surface area (Å²) in [6.07, 6.45) is -3.59. The van der Waals surface area contributed by atoms with Crippen molar-refractivity contribution < 1.29 is 19.9 Å². The molecule has 4 N–H and O–H groups in total. The zero-order chi connectivity index (χ0) is 13.2. The second kappa shape index (κ2) is 4.89. The Bertz CT molecular complexity index is 460. The molecular weight excluding hydrogens is 228 g/mol. The molecule has 0 spiro atoms. The summed E-state index contributed by atoms with van der Waals surface area (Å²) in [5.41, 5.74) is 4.96. The number of nitrogens with two attached hydrogens (primary N) is 1. The van der Waals surface area contributed by atoms with Gasteiger partial charge in [0.15, 0.2) is 6.10 Å². The van der Waals surface area contributed by atoms with Crippen molar-refractivity contribution in [2.24, 2.45) is 5.73 Å². The number of aliphatic hydroxyl groups excluding tert-OH is 2. The highest BCUT2D eigenvalue weighted by molar-refractivity contribution is 5.79. The number of hydrogen-bond acceptors (Lipinski definition) is 5. The standard InChI is InChI=1S/C10H12N2O5/c1-5-2-3-7(12(16)17)6(4-5)8(13)9(14)10(11)15/h2-4,8-9,13-14H,1H3,(H2,11,15). The van der Waals surface area contributed by atoms with Crippen LogP contribution >= 0.6 is 0 Å². The Morgan fingerprint density at radius 1 is 1.47 bits per heavy atom. The average molecular weight is 240 g/mol. The predicted molar refractivity (Wildman–Crippen MR) is 58.0 cm³/mol. The lowest BCUT2D eigenvalue weighted by molar-refractivity contribution is -0.386. The quantitative estimate of drug-likeness (QED) is 0.495. The van der Waals surface area contributed by atoms with Gasteiger partial charge in [0.1, 0.15) is 6.10 Å². The van der Waals surface area contributed by atoms with E-state index in [4.69, 9.17) is 5.73 Å². The van der Waals surface area contributed by atoms with E-state index in [-0.39, 0.29) is 11.3 Å². The lowest BCUT2D eigenvalue weighted by Crippen LogP contribution is -2.34. The number of benzene rings is 1. The minimum absolute atomic E-state index is 0.138. The first-order chi connectivity index (χ1) is 7.84. The van der Waals surface area contributed by atoms with E-state index in [2.05, 4.69) is 0 Å². The van der Waals surface area contributed by atoms with Gasteiger partial charge in [0.2, 0.25) is 5.91 Å². The third-order valence-electron chi connectivity index (χ3n) is 2.29. The number of carbonyl (C=O) groups excluding carboxylic acids is 1. The van der Waals surface area contributed by atoms with Crippen LogP contribution in [0.3, 0.4) is 0 Å². The zero-order valence-corrected chi connectivity index (χ0v) is 9.03. The summed E-state index contributed by atoms with van der Waals surface area (Å²) in [6, 6.07) is 4.02. The third-order valence-corrected chi connectivity index (χ3v) is 2.29. The van der Waals surface area contributed by atoms with Gasteiger partial charge in [-0.05, 0) is 13.0 Å². The highest BCUT2D eigenvalue weighted by atomic mass is 16.6. The van der Waals surface area contributed by atoms with E-state index in [0.717, 1.165) is 0 Å². The van der Waals surface area contributed by atoms with Crippen molar-refractivity contribution in [3.8, 4) is 0 Å². The van der Waals surface area contributed by atoms with Crippen molar-refractivity contribution >= 4 is 11.6 Å². The molecule has 1 rings (SSSR count). The molecule has 0 bridgehead atoms. The van der Waals surface area contributed by atoms with Gasteiger partial charge in [-0.2, -0.15) is 0 Å². The van der Waals surface area contributed by atoms with E-state index < -0.39 is 23.0 Å². The molecule has 0 heterocycles. The van der Waals surface area contributed by atoms with Crippen molar-refractivity contribution in [1.82, 2.24) is 0 Å². The normalized spacial score (nSPS) is 14.1. The first-order valence-electron chi connectivity index (χ1n) is 4.75. The number of carbonyl (C=O) groups is 1. The van der Waals surface area contributed by atoms with Crippen LogP contribution in [0.15, 0.2) is 18.2 Å². The molecule has 1 aromatic rings. The summed E-state index contributed by atoms with van der Waals surface area (Å²) >= 11 is 0. The van der Waals surface area contributed by atoms with Crippen LogP contribution in [0.1, 0.15) is 17.2 Å². The van der Waals surface area contributed by atoms with Crippen LogP contribution in [0.2, 0.25) is 0 Å². The molecule has 92 valence electrons. The van der Waals surface area contributed by atoms with Gasteiger partial charge in [-0.25, -0.2) is 0 Å². The van der Waals surface area contributed by atoms with E-state index in [1.54, 1.807) is 6.92 Å². The number of aryl methyl sites for hydroxylation is 1. The van der Waals surface area contributed by atoms with Gasteiger partial charge in [-0.1, -0.05) is 11.6 Å². The van der Waals surface area contributed by atoms with Crippen molar-refractivity contribution in [3.63, 3.8) is 0 Å². The number of amides is 1. The van der Waals surface area contributed by atoms with Crippen LogP contribution in [0.4, 0.5) is 5.69 Å². The second-order valence-corrected chi connectivity index (χ2v) is 3.61. The molecule has 2 atom stereocenters. The number of hydrogen-bond donors (Lipinski definition) is 3. The smallest absolute Gasteiger partial charge is 0.275 e. The topological polar surface area (TPSA) is 127 Å². The molecule has 0 aliphatic heterocycles. The molecule has 7 nitrogen and oxygen atoms in total. The van der Waals surface area contributed by atoms with Crippen LogP contribution < -0.4 is 5.73 Å². The van der Waals surface area contributed by atoms with E-state index >= 15 is 0 Å². The van der Waals surface area contributed by atoms with Crippen molar-refractivity contribution in [2.45, 2.75) is 19.1 Å². The van der Waals surface area contributed by atoms with E-state index in [9.17, 15) is 25.1 Å². The number of nitrogens with zero attached hydrogens (tertiary/aromatic N) is 1. The summed E-state index contributed by atoms with van der Waals surface area (Å²) in [6.45, 7) is 1.66. The van der Waals surface area contributed by atoms with Crippen LogP contribution in [-0.2, 0) is 4.79 Å². The first kappa shape index (κ1) is 13.1. The maximum atomic E-state index is 10.7. The monoisotopic (exact) mass is 240 g/mol. The second-order valence-electron chi connectivity index (χ2n) is 3.61. The molecule has 1 aromatic carbocycles. The van der Waals surface area contributed by atoms with E-state index in [1.807, 2.05) is 0 Å². The predicted octanol–water partition coefficient (Wildman–Crippen LogP) is -0.217. The van der Waals surface area contributed by atoms with Crippen LogP contribution in [0.5, 0.6) is 0 Å². The average Bonchev–Trinajstić information content (AvgIpc) is 2.26. The Morgan fingerprint density at radius 3 is 2.53 bits per heavy atom. The molecule has 1 amide bonds. The number of nitro groups is 1. The summed E-state index contributed by atoms with van der Waals surface area (Å²) in [4.78, 5) is 20.7. The highest BCUT2D eigenvalue weighted by Gasteiger charge is 2.29. The van der Waals surface area contributed by atoms with Crippen molar-refractivity contribution in [1.29, 1.82) is 0 Å². The molecule has 17 heavy (non-hydrogen) atoms. The van der Waals surface area contributed by atoms with Crippen LogP contribution in [0.25, 0.3) is 0 Å². The fourth-order valence-electron chi connectivity index (χ4n) is 1.40. The van der Waals surface area contributed by atoms with Gasteiger partial charge in [-0.15, -0.1) is 0 Å². The maximum absolute atomic E-state index is 10.7. The molecule has 0 aliphatic carbocycles. The number of nitro benzene ring substituents is 1. The summed E-state index contributed by atoms with van der Waals surface area (Å²) in [7, 11) is 0. The van der Waals surface area contributed by atoms with Gasteiger partial charge in [-0.3, -0.25) is 14.9 Å². The van der Waals surface area contributed by atoms with Gasteiger partial charge in [0.05, 0.1) is 10.5 Å². The summed E-state index contributed by atoms with van der Waals surface area (Å²) in [5, 5.41) is 29.7. The SMILES string of the molecule is Cc1ccc([N+](=O)[O-])c(C(O)C(O)C(N)=O)c1. The van der Waals surface area contributed by atoms with Gasteiger partial charge in [0.25, 0.3) is 5.69 Å². The fourth-order valence-corrected chi connectivity index (χ4v) is 1.40. The summed E-state index contributed by atoms with van der Waals surface area (Å²) in [5.74, 6) is -1.15. The molecule has 0 saturated heterocycles. The third kappa shape index (κ3) is 2.77.